The molecule has 0 bridgehead atoms. The molecular formula is C15H22ClN5. The first kappa shape index (κ1) is 15.9. The predicted octanol–water partition coefficient (Wildman–Crippen LogP) is 1.80. The number of hydrogen-bond donors (Lipinski definition) is 2. The van der Waals surface area contributed by atoms with Crippen LogP contribution < -0.4 is 11.5 Å². The van der Waals surface area contributed by atoms with Crippen molar-refractivity contribution in [2.24, 2.45) is 11.7 Å². The Balaban J connectivity index is 0.00000161. The molecule has 1 fully saturated rings. The summed E-state index contributed by atoms with van der Waals surface area (Å²) in [5.41, 5.74) is 12.7. The van der Waals surface area contributed by atoms with Gasteiger partial charge in [-0.3, -0.25) is 4.90 Å². The number of piperidine rings is 1. The van der Waals surface area contributed by atoms with Crippen LogP contribution in [0.25, 0.3) is 10.9 Å². The lowest BCUT2D eigenvalue weighted by Crippen LogP contribution is -2.36. The van der Waals surface area contributed by atoms with Crippen LogP contribution in [0.2, 0.25) is 0 Å². The Hall–Kier alpha value is -1.43. The molecule has 1 aliphatic heterocycles. The van der Waals surface area contributed by atoms with Gasteiger partial charge >= 0.3 is 0 Å². The van der Waals surface area contributed by atoms with E-state index in [-0.39, 0.29) is 12.4 Å². The number of nitrogens with zero attached hydrogens (tertiary/aromatic N) is 3. The van der Waals surface area contributed by atoms with E-state index in [0.717, 1.165) is 42.9 Å². The van der Waals surface area contributed by atoms with E-state index in [9.17, 15) is 0 Å². The van der Waals surface area contributed by atoms with Crippen LogP contribution in [0.5, 0.6) is 0 Å². The summed E-state index contributed by atoms with van der Waals surface area (Å²) in [4.78, 5) is 11.4. The number of nitrogen functional groups attached to an aromatic ring is 1. The fourth-order valence-electron chi connectivity index (χ4n) is 2.80. The van der Waals surface area contributed by atoms with E-state index in [0.29, 0.717) is 11.7 Å². The summed E-state index contributed by atoms with van der Waals surface area (Å²) >= 11 is 0. The smallest absolute Gasteiger partial charge is 0.145 e. The molecule has 0 saturated carbocycles. The Morgan fingerprint density at radius 3 is 2.57 bits per heavy atom. The van der Waals surface area contributed by atoms with Crippen molar-refractivity contribution < 1.29 is 0 Å². The van der Waals surface area contributed by atoms with Gasteiger partial charge in [-0.05, 0) is 50.5 Å². The largest absolute Gasteiger partial charge is 0.383 e. The molecular weight excluding hydrogens is 286 g/mol. The average Bonchev–Trinajstić information content (AvgIpc) is 2.48. The number of rotatable bonds is 3. The summed E-state index contributed by atoms with van der Waals surface area (Å²) in [5, 5.41) is 0.929. The summed E-state index contributed by atoms with van der Waals surface area (Å²) < 4.78 is 0. The molecule has 1 saturated heterocycles. The van der Waals surface area contributed by atoms with Crippen molar-refractivity contribution in [3.05, 3.63) is 30.1 Å². The van der Waals surface area contributed by atoms with Crippen molar-refractivity contribution in [2.75, 3.05) is 25.4 Å². The molecule has 1 aromatic carbocycles. The third-order valence-corrected chi connectivity index (χ3v) is 4.08. The van der Waals surface area contributed by atoms with Gasteiger partial charge in [0.25, 0.3) is 0 Å². The summed E-state index contributed by atoms with van der Waals surface area (Å²) in [6.07, 6.45) is 2.33. The van der Waals surface area contributed by atoms with Crippen molar-refractivity contribution >= 4 is 29.1 Å². The first-order valence-corrected chi connectivity index (χ1v) is 7.20. The van der Waals surface area contributed by atoms with Crippen molar-refractivity contribution in [1.82, 2.24) is 14.9 Å². The second kappa shape index (κ2) is 7.02. The molecule has 1 aromatic heterocycles. The van der Waals surface area contributed by atoms with Crippen LogP contribution >= 0.6 is 12.4 Å². The summed E-state index contributed by atoms with van der Waals surface area (Å²) in [6, 6.07) is 7.88. The van der Waals surface area contributed by atoms with E-state index in [1.165, 1.54) is 12.8 Å². The van der Waals surface area contributed by atoms with Gasteiger partial charge in [0, 0.05) is 5.39 Å². The molecule has 0 spiro atoms. The zero-order chi connectivity index (χ0) is 13.9. The minimum Gasteiger partial charge on any atom is -0.383 e. The van der Waals surface area contributed by atoms with Crippen LogP contribution in [0, 0.1) is 5.92 Å². The molecule has 4 N–H and O–H groups in total. The number of anilines is 1. The van der Waals surface area contributed by atoms with Crippen LogP contribution in [0.15, 0.2) is 24.3 Å². The minimum atomic E-state index is 0. The van der Waals surface area contributed by atoms with Crippen LogP contribution in [-0.2, 0) is 6.54 Å². The van der Waals surface area contributed by atoms with Crippen LogP contribution in [0.3, 0.4) is 0 Å². The van der Waals surface area contributed by atoms with Gasteiger partial charge in [0.15, 0.2) is 0 Å². The van der Waals surface area contributed by atoms with Crippen molar-refractivity contribution in [3.8, 4) is 0 Å². The average molecular weight is 308 g/mol. The predicted molar refractivity (Wildman–Crippen MR) is 88.3 cm³/mol. The molecule has 0 unspecified atom stereocenters. The first-order chi connectivity index (χ1) is 9.76. The van der Waals surface area contributed by atoms with Crippen LogP contribution in [0.4, 0.5) is 5.82 Å². The fourth-order valence-corrected chi connectivity index (χ4v) is 2.80. The summed E-state index contributed by atoms with van der Waals surface area (Å²) in [5.74, 6) is 2.06. The molecule has 21 heavy (non-hydrogen) atoms. The Morgan fingerprint density at radius 1 is 1.14 bits per heavy atom. The molecule has 0 aliphatic carbocycles. The maximum absolute atomic E-state index is 6.02. The lowest BCUT2D eigenvalue weighted by molar-refractivity contribution is 0.177. The van der Waals surface area contributed by atoms with E-state index in [1.807, 2.05) is 24.3 Å². The highest BCUT2D eigenvalue weighted by molar-refractivity contribution is 5.87. The van der Waals surface area contributed by atoms with Gasteiger partial charge in [-0.1, -0.05) is 12.1 Å². The molecule has 2 heterocycles. The van der Waals surface area contributed by atoms with Gasteiger partial charge in [-0.25, -0.2) is 9.97 Å². The minimum absolute atomic E-state index is 0. The third-order valence-electron chi connectivity index (χ3n) is 4.08. The SMILES string of the molecule is Cl.NCC1CCN(Cc2nc(N)c3ccccc3n2)CC1. The van der Waals surface area contributed by atoms with Crippen molar-refractivity contribution in [3.63, 3.8) is 0 Å². The first-order valence-electron chi connectivity index (χ1n) is 7.20. The number of nitrogens with two attached hydrogens (primary N) is 2. The molecule has 6 heteroatoms. The van der Waals surface area contributed by atoms with Crippen molar-refractivity contribution in [2.45, 2.75) is 19.4 Å². The van der Waals surface area contributed by atoms with Gasteiger partial charge in [-0.2, -0.15) is 0 Å². The number of aromatic nitrogens is 2. The van der Waals surface area contributed by atoms with Gasteiger partial charge in [0.05, 0.1) is 12.1 Å². The number of likely N-dealkylation sites (tertiary alicyclic amines) is 1. The van der Waals surface area contributed by atoms with E-state index < -0.39 is 0 Å². The van der Waals surface area contributed by atoms with Gasteiger partial charge in [0.2, 0.25) is 0 Å². The topological polar surface area (TPSA) is 81.1 Å². The highest BCUT2D eigenvalue weighted by Crippen LogP contribution is 2.20. The van der Waals surface area contributed by atoms with E-state index >= 15 is 0 Å². The lowest BCUT2D eigenvalue weighted by atomic mass is 9.97. The normalized spacial score (nSPS) is 16.8. The molecule has 2 aromatic rings. The Labute approximate surface area is 131 Å². The number of hydrogen-bond acceptors (Lipinski definition) is 5. The second-order valence-electron chi connectivity index (χ2n) is 5.50. The molecule has 5 nitrogen and oxygen atoms in total. The zero-order valence-corrected chi connectivity index (χ0v) is 12.9. The Bertz CT molecular complexity index is 596. The van der Waals surface area contributed by atoms with Gasteiger partial charge < -0.3 is 11.5 Å². The third kappa shape index (κ3) is 3.61. The van der Waals surface area contributed by atoms with Crippen LogP contribution in [0.1, 0.15) is 18.7 Å². The van der Waals surface area contributed by atoms with E-state index in [4.69, 9.17) is 11.5 Å². The number of fused-ring (bicyclic) bond motifs is 1. The Kier molecular flexibility index (Phi) is 5.33. The molecule has 114 valence electrons. The van der Waals surface area contributed by atoms with Gasteiger partial charge in [0.1, 0.15) is 11.6 Å². The highest BCUT2D eigenvalue weighted by atomic mass is 35.5. The van der Waals surface area contributed by atoms with Crippen LogP contribution in [-0.4, -0.2) is 34.5 Å². The maximum atomic E-state index is 6.02. The van der Waals surface area contributed by atoms with E-state index in [1.54, 1.807) is 0 Å². The number of halogens is 1. The highest BCUT2D eigenvalue weighted by Gasteiger charge is 2.19. The zero-order valence-electron chi connectivity index (χ0n) is 12.0. The summed E-state index contributed by atoms with van der Waals surface area (Å²) in [7, 11) is 0. The number of benzene rings is 1. The monoisotopic (exact) mass is 307 g/mol. The Morgan fingerprint density at radius 2 is 1.86 bits per heavy atom. The lowest BCUT2D eigenvalue weighted by Gasteiger charge is -2.30. The molecule has 0 atom stereocenters. The number of para-hydroxylation sites is 1. The second-order valence-corrected chi connectivity index (χ2v) is 5.50. The fraction of sp³-hybridized carbons (Fsp3) is 0.467. The van der Waals surface area contributed by atoms with Crippen molar-refractivity contribution in [1.29, 1.82) is 0 Å². The maximum Gasteiger partial charge on any atom is 0.145 e. The van der Waals surface area contributed by atoms with Gasteiger partial charge in [-0.15, -0.1) is 12.4 Å². The molecule has 3 rings (SSSR count). The molecule has 0 radical (unpaired) electrons. The quantitative estimate of drug-likeness (QED) is 0.904. The van der Waals surface area contributed by atoms with E-state index in [2.05, 4.69) is 14.9 Å². The molecule has 0 amide bonds. The molecule has 1 aliphatic rings. The standard InChI is InChI=1S/C15H21N5.ClH/c16-9-11-5-7-20(8-6-11)10-14-18-13-4-2-1-3-12(13)15(17)19-14;/h1-4,11H,5-10,16H2,(H2,17,18,19);1H. The summed E-state index contributed by atoms with van der Waals surface area (Å²) in [6.45, 7) is 3.70.